The zero-order chi connectivity index (χ0) is 8.48. The van der Waals surface area contributed by atoms with Crippen LogP contribution in [0.3, 0.4) is 0 Å². The van der Waals surface area contributed by atoms with Crippen molar-refractivity contribution in [2.75, 3.05) is 0 Å². The van der Waals surface area contributed by atoms with E-state index in [1.165, 1.54) is 12.1 Å². The summed E-state index contributed by atoms with van der Waals surface area (Å²) in [6.45, 7) is 0. The zero-order valence-electron chi connectivity index (χ0n) is 5.36. The second-order valence-electron chi connectivity index (χ2n) is 1.93. The fourth-order valence-electron chi connectivity index (χ4n) is 0.627. The van der Waals surface area contributed by atoms with Crippen molar-refractivity contribution in [3.05, 3.63) is 29.3 Å². The van der Waals surface area contributed by atoms with Gasteiger partial charge in [0.1, 0.15) is 0 Å². The summed E-state index contributed by atoms with van der Waals surface area (Å²) in [7, 11) is -3.42. The van der Waals surface area contributed by atoms with Gasteiger partial charge in [-0.25, -0.2) is 8.42 Å². The van der Waals surface area contributed by atoms with Gasteiger partial charge in [-0.2, -0.15) is 0 Å². The third-order valence-corrected chi connectivity index (χ3v) is 2.81. The van der Waals surface area contributed by atoms with E-state index in [4.69, 9.17) is 11.6 Å². The Morgan fingerprint density at radius 2 is 1.92 bits per heavy atom. The van der Waals surface area contributed by atoms with Crippen LogP contribution in [0.25, 0.3) is 0 Å². The summed E-state index contributed by atoms with van der Waals surface area (Å²) in [6, 6.07) is 5.95. The fourth-order valence-corrected chi connectivity index (χ4v) is 1.75. The van der Waals surface area contributed by atoms with Crippen LogP contribution in [0.2, 0.25) is 5.02 Å². The molecule has 0 heterocycles. The van der Waals surface area contributed by atoms with Gasteiger partial charge >= 0.3 is 51.4 Å². The predicted octanol–water partition coefficient (Wildman–Crippen LogP) is 1.31. The summed E-state index contributed by atoms with van der Waals surface area (Å²) in [5.74, 6) is 0. The van der Waals surface area contributed by atoms with Crippen LogP contribution < -0.4 is 0 Å². The van der Waals surface area contributed by atoms with Crippen LogP contribution in [0, 0.1) is 0 Å². The van der Waals surface area contributed by atoms with Crippen molar-refractivity contribution >= 4 is 83.5 Å². The SMILES string of the molecule is O=S(=O)(S)c1cccc(Cl)c1.[KH]. The molecule has 2 nitrogen and oxygen atoms in total. The Morgan fingerprint density at radius 3 is 2.25 bits per heavy atom. The topological polar surface area (TPSA) is 34.1 Å². The number of hydrogen-bond donors (Lipinski definition) is 1. The van der Waals surface area contributed by atoms with Crippen molar-refractivity contribution in [3.63, 3.8) is 0 Å². The molecule has 62 valence electrons. The van der Waals surface area contributed by atoms with Crippen LogP contribution in [0.5, 0.6) is 0 Å². The molecule has 0 bridgehead atoms. The molecule has 0 aromatic heterocycles. The van der Waals surface area contributed by atoms with Crippen LogP contribution in [-0.2, 0) is 8.87 Å². The monoisotopic (exact) mass is 248 g/mol. The van der Waals surface area contributed by atoms with Gasteiger partial charge in [-0.1, -0.05) is 17.7 Å². The van der Waals surface area contributed by atoms with E-state index in [1.54, 1.807) is 12.1 Å². The first-order chi connectivity index (χ1) is 5.00. The molecule has 0 radical (unpaired) electrons. The standard InChI is InChI=1S/C6H5ClO2S2.K.H/c7-5-2-1-3-6(4-5)11(8,9)10;;/h1-4H,(H,8,9,10);;. The maximum atomic E-state index is 10.8. The Hall–Kier alpha value is 1.45. The van der Waals surface area contributed by atoms with Gasteiger partial charge in [0.05, 0.1) is 4.90 Å². The minimum atomic E-state index is -3.42. The van der Waals surface area contributed by atoms with Gasteiger partial charge < -0.3 is 0 Å². The average molecular weight is 249 g/mol. The molecule has 0 saturated heterocycles. The van der Waals surface area contributed by atoms with Gasteiger partial charge in [-0.15, -0.1) is 0 Å². The second-order valence-corrected chi connectivity index (χ2v) is 5.23. The number of rotatable bonds is 1. The molecular weight excluding hydrogens is 243 g/mol. The Labute approximate surface area is 124 Å². The molecule has 1 aromatic rings. The second kappa shape index (κ2) is 5.36. The van der Waals surface area contributed by atoms with Crippen molar-refractivity contribution in [3.8, 4) is 0 Å². The number of thiol groups is 1. The van der Waals surface area contributed by atoms with Crippen molar-refractivity contribution in [2.24, 2.45) is 0 Å². The van der Waals surface area contributed by atoms with Crippen LogP contribution in [0.4, 0.5) is 0 Å². The molecule has 0 atom stereocenters. The Balaban J connectivity index is 0.00000121. The average Bonchev–Trinajstić information content (AvgIpc) is 1.86. The summed E-state index contributed by atoms with van der Waals surface area (Å²) < 4.78 is 21.6. The normalized spacial score (nSPS) is 10.5. The minimum absolute atomic E-state index is 0. The molecule has 0 fully saturated rings. The fraction of sp³-hybridized carbons (Fsp3) is 0. The molecule has 1 rings (SSSR count). The quantitative estimate of drug-likeness (QED) is 0.462. The molecular formula is C6H6ClKO2S2. The molecule has 0 aliphatic carbocycles. The van der Waals surface area contributed by atoms with E-state index < -0.39 is 8.87 Å². The van der Waals surface area contributed by atoms with Crippen LogP contribution >= 0.6 is 23.3 Å². The van der Waals surface area contributed by atoms with Crippen molar-refractivity contribution < 1.29 is 8.42 Å². The van der Waals surface area contributed by atoms with Crippen molar-refractivity contribution in [2.45, 2.75) is 4.90 Å². The van der Waals surface area contributed by atoms with Crippen LogP contribution in [0.15, 0.2) is 29.2 Å². The number of hydrogen-bond acceptors (Lipinski definition) is 2. The third kappa shape index (κ3) is 4.10. The van der Waals surface area contributed by atoms with E-state index in [2.05, 4.69) is 11.7 Å². The molecule has 0 aliphatic heterocycles. The summed E-state index contributed by atoms with van der Waals surface area (Å²) in [5, 5.41) is 0.389. The van der Waals surface area contributed by atoms with Crippen molar-refractivity contribution in [1.29, 1.82) is 0 Å². The van der Waals surface area contributed by atoms with Gasteiger partial charge in [-0.05, 0) is 29.9 Å². The molecule has 6 heteroatoms. The number of halogens is 1. The molecule has 1 aromatic carbocycles. The van der Waals surface area contributed by atoms with Gasteiger partial charge in [0.15, 0.2) is 0 Å². The molecule has 0 aliphatic rings. The molecule has 12 heavy (non-hydrogen) atoms. The summed E-state index contributed by atoms with van der Waals surface area (Å²) in [4.78, 5) is 0.119. The van der Waals surface area contributed by atoms with Gasteiger partial charge in [0.25, 0.3) is 0 Å². The third-order valence-electron chi connectivity index (χ3n) is 1.09. The maximum absolute atomic E-state index is 10.8. The number of benzene rings is 1. The Bertz CT molecular complexity index is 364. The van der Waals surface area contributed by atoms with Gasteiger partial charge in [-0.3, -0.25) is 0 Å². The van der Waals surface area contributed by atoms with E-state index in [1.807, 2.05) is 0 Å². The van der Waals surface area contributed by atoms with E-state index in [0.717, 1.165) is 0 Å². The summed E-state index contributed by atoms with van der Waals surface area (Å²) >= 11 is 8.96. The Kier molecular flexibility index (Phi) is 6.00. The summed E-state index contributed by atoms with van der Waals surface area (Å²) in [6.07, 6.45) is 0. The van der Waals surface area contributed by atoms with Gasteiger partial charge in [0.2, 0.25) is 8.87 Å². The van der Waals surface area contributed by atoms with Crippen LogP contribution in [-0.4, -0.2) is 59.8 Å². The Morgan fingerprint density at radius 1 is 1.33 bits per heavy atom. The molecule has 0 saturated carbocycles. The zero-order valence-corrected chi connectivity index (χ0v) is 7.83. The molecule has 0 unspecified atom stereocenters. The van der Waals surface area contributed by atoms with E-state index >= 15 is 0 Å². The van der Waals surface area contributed by atoms with Crippen molar-refractivity contribution in [1.82, 2.24) is 0 Å². The first-order valence-corrected chi connectivity index (χ1v) is 5.64. The van der Waals surface area contributed by atoms with E-state index in [0.29, 0.717) is 5.02 Å². The molecule has 0 N–H and O–H groups in total. The molecule has 0 amide bonds. The predicted molar refractivity (Wildman–Crippen MR) is 54.8 cm³/mol. The van der Waals surface area contributed by atoms with Crippen LogP contribution in [0.1, 0.15) is 0 Å². The summed E-state index contributed by atoms with van der Waals surface area (Å²) in [5.41, 5.74) is 0. The van der Waals surface area contributed by atoms with Gasteiger partial charge in [0, 0.05) is 5.02 Å². The van der Waals surface area contributed by atoms with E-state index in [9.17, 15) is 8.42 Å². The van der Waals surface area contributed by atoms with E-state index in [-0.39, 0.29) is 56.3 Å². The molecule has 0 spiro atoms. The first kappa shape index (κ1) is 13.4. The first-order valence-electron chi connectivity index (χ1n) is 2.73.